The predicted molar refractivity (Wildman–Crippen MR) is 151 cm³/mol. The van der Waals surface area contributed by atoms with Crippen molar-refractivity contribution in [3.8, 4) is 17.1 Å². The van der Waals surface area contributed by atoms with E-state index in [0.29, 0.717) is 16.3 Å². The van der Waals surface area contributed by atoms with Crippen LogP contribution in [0.4, 0.5) is 0 Å². The number of carboxylic acid groups (broad SMARTS) is 1. The fourth-order valence-corrected chi connectivity index (χ4v) is 4.91. The number of hydrogen-bond donors (Lipinski definition) is 2. The summed E-state index contributed by atoms with van der Waals surface area (Å²) >= 11 is 12.4. The summed E-state index contributed by atoms with van der Waals surface area (Å²) in [4.78, 5) is 27.5. The van der Waals surface area contributed by atoms with Crippen LogP contribution in [-0.2, 0) is 17.8 Å². The summed E-state index contributed by atoms with van der Waals surface area (Å²) in [6.45, 7) is 0.0211. The van der Waals surface area contributed by atoms with Crippen LogP contribution in [0, 0.1) is 0 Å². The van der Waals surface area contributed by atoms with E-state index in [1.807, 2.05) is 54.6 Å². The van der Waals surface area contributed by atoms with Crippen molar-refractivity contribution in [1.82, 2.24) is 4.90 Å². The molecule has 0 aliphatic carbocycles. The smallest absolute Gasteiger partial charge is 0.326 e. The average Bonchev–Trinajstić information content (AvgIpc) is 3.36. The minimum atomic E-state index is -1.20. The van der Waals surface area contributed by atoms with Crippen molar-refractivity contribution >= 4 is 46.0 Å². The third-order valence-corrected chi connectivity index (χ3v) is 7.01. The fraction of sp³-hybridized carbons (Fsp3) is 0.0968. The van der Waals surface area contributed by atoms with Gasteiger partial charge >= 0.3 is 5.97 Å². The molecule has 1 heterocycles. The van der Waals surface area contributed by atoms with E-state index in [9.17, 15) is 19.8 Å². The Bertz CT molecular complexity index is 1610. The molecule has 1 amide bonds. The van der Waals surface area contributed by atoms with Crippen molar-refractivity contribution in [2.75, 3.05) is 0 Å². The van der Waals surface area contributed by atoms with Crippen LogP contribution in [0.1, 0.15) is 21.5 Å². The molecule has 0 radical (unpaired) electrons. The number of hydrogen-bond acceptors (Lipinski definition) is 4. The highest BCUT2D eigenvalue weighted by atomic mass is 35.5. The third kappa shape index (κ3) is 5.93. The summed E-state index contributed by atoms with van der Waals surface area (Å²) in [5.41, 5.74) is 3.17. The minimum absolute atomic E-state index is 0.0211. The van der Waals surface area contributed by atoms with Gasteiger partial charge in [-0.3, -0.25) is 4.79 Å². The van der Waals surface area contributed by atoms with E-state index in [0.717, 1.165) is 22.1 Å². The first kappa shape index (κ1) is 26.4. The number of carbonyl (C=O) groups is 2. The van der Waals surface area contributed by atoms with Gasteiger partial charge in [0.1, 0.15) is 23.1 Å². The summed E-state index contributed by atoms with van der Waals surface area (Å²) in [6.07, 6.45) is 0.0314. The molecule has 0 saturated heterocycles. The second kappa shape index (κ2) is 11.2. The van der Waals surface area contributed by atoms with E-state index in [1.165, 1.54) is 35.2 Å². The van der Waals surface area contributed by atoms with E-state index >= 15 is 0 Å². The second-order valence-electron chi connectivity index (χ2n) is 9.13. The van der Waals surface area contributed by atoms with Gasteiger partial charge in [0.25, 0.3) is 5.91 Å². The molecule has 8 heteroatoms. The molecule has 1 aromatic heterocycles. The van der Waals surface area contributed by atoms with Crippen LogP contribution in [0.25, 0.3) is 22.3 Å². The van der Waals surface area contributed by atoms with Crippen LogP contribution in [-0.4, -0.2) is 33.0 Å². The predicted octanol–water partition coefficient (Wildman–Crippen LogP) is 7.45. The zero-order chi connectivity index (χ0) is 27.5. The van der Waals surface area contributed by atoms with Gasteiger partial charge in [-0.05, 0) is 53.6 Å². The Kier molecular flexibility index (Phi) is 7.59. The van der Waals surface area contributed by atoms with Gasteiger partial charge in [0.15, 0.2) is 0 Å². The van der Waals surface area contributed by atoms with Crippen molar-refractivity contribution in [3.63, 3.8) is 0 Å². The van der Waals surface area contributed by atoms with Crippen LogP contribution in [0.3, 0.4) is 0 Å². The number of para-hydroxylation sites is 1. The molecule has 5 aromatic rings. The first-order valence-electron chi connectivity index (χ1n) is 12.1. The molecule has 4 aromatic carbocycles. The Morgan fingerprint density at radius 1 is 0.846 bits per heavy atom. The standard InChI is InChI=1S/C31H23Cl2NO5/c32-23-11-14-25(26(33)17-23)30(36)34(27(31(37)38)15-19-7-12-24(35)13-8-19)18-20-5-9-21(10-6-20)29-16-22-3-1-2-4-28(22)39-29/h1-14,16-17,27,35H,15,18H2,(H,37,38)/t27-/m0/s1. The zero-order valence-electron chi connectivity index (χ0n) is 20.6. The van der Waals surface area contributed by atoms with Crippen molar-refractivity contribution in [3.05, 3.63) is 124 Å². The van der Waals surface area contributed by atoms with Gasteiger partial charge in [0.05, 0.1) is 10.6 Å². The number of carboxylic acids is 1. The lowest BCUT2D eigenvalue weighted by Crippen LogP contribution is -2.46. The van der Waals surface area contributed by atoms with Gasteiger partial charge in [0, 0.05) is 28.9 Å². The molecule has 0 saturated carbocycles. The third-order valence-electron chi connectivity index (χ3n) is 6.47. The lowest BCUT2D eigenvalue weighted by molar-refractivity contribution is -0.142. The molecular weight excluding hydrogens is 537 g/mol. The Labute approximate surface area is 234 Å². The van der Waals surface area contributed by atoms with E-state index in [2.05, 4.69) is 0 Å². The van der Waals surface area contributed by atoms with Crippen LogP contribution < -0.4 is 0 Å². The number of carbonyl (C=O) groups excluding carboxylic acids is 1. The molecule has 196 valence electrons. The first-order valence-corrected chi connectivity index (χ1v) is 12.9. The number of amides is 1. The lowest BCUT2D eigenvalue weighted by Gasteiger charge is -2.30. The number of halogens is 2. The zero-order valence-corrected chi connectivity index (χ0v) is 22.1. The molecule has 39 heavy (non-hydrogen) atoms. The summed E-state index contributed by atoms with van der Waals surface area (Å²) in [7, 11) is 0. The highest BCUT2D eigenvalue weighted by molar-refractivity contribution is 6.36. The molecule has 0 aliphatic heterocycles. The maximum absolute atomic E-state index is 13.7. The van der Waals surface area contributed by atoms with Crippen LogP contribution >= 0.6 is 23.2 Å². The number of nitrogens with zero attached hydrogens (tertiary/aromatic N) is 1. The summed E-state index contributed by atoms with van der Waals surface area (Å²) in [5.74, 6) is -0.931. The molecule has 0 unspecified atom stereocenters. The van der Waals surface area contributed by atoms with E-state index in [4.69, 9.17) is 27.6 Å². The number of aromatic hydroxyl groups is 1. The number of phenols is 1. The van der Waals surface area contributed by atoms with Gasteiger partial charge in [0.2, 0.25) is 0 Å². The normalized spacial score (nSPS) is 11.8. The topological polar surface area (TPSA) is 91.0 Å². The molecule has 0 spiro atoms. The highest BCUT2D eigenvalue weighted by Gasteiger charge is 2.32. The minimum Gasteiger partial charge on any atom is -0.508 e. The Morgan fingerprint density at radius 2 is 1.54 bits per heavy atom. The molecule has 0 aliphatic rings. The number of furan rings is 1. The number of benzene rings is 4. The van der Waals surface area contributed by atoms with Gasteiger partial charge in [-0.15, -0.1) is 0 Å². The average molecular weight is 560 g/mol. The first-order chi connectivity index (χ1) is 18.8. The van der Waals surface area contributed by atoms with Gasteiger partial charge in [-0.25, -0.2) is 4.79 Å². The Morgan fingerprint density at radius 3 is 2.21 bits per heavy atom. The maximum Gasteiger partial charge on any atom is 0.326 e. The van der Waals surface area contributed by atoms with Crippen molar-refractivity contribution in [2.45, 2.75) is 19.0 Å². The van der Waals surface area contributed by atoms with E-state index in [-0.39, 0.29) is 29.3 Å². The lowest BCUT2D eigenvalue weighted by atomic mass is 10.0. The van der Waals surface area contributed by atoms with Crippen LogP contribution in [0.15, 0.2) is 101 Å². The Hall–Kier alpha value is -4.26. The number of phenolic OH excluding ortho intramolecular Hbond substituents is 1. The van der Waals surface area contributed by atoms with Crippen molar-refractivity contribution in [1.29, 1.82) is 0 Å². The molecule has 0 fully saturated rings. The molecular formula is C31H23Cl2NO5. The van der Waals surface area contributed by atoms with Crippen molar-refractivity contribution < 1.29 is 24.2 Å². The second-order valence-corrected chi connectivity index (χ2v) is 9.97. The molecule has 6 nitrogen and oxygen atoms in total. The van der Waals surface area contributed by atoms with Crippen molar-refractivity contribution in [2.24, 2.45) is 0 Å². The maximum atomic E-state index is 13.7. The molecule has 0 bridgehead atoms. The van der Waals surface area contributed by atoms with Gasteiger partial charge in [-0.1, -0.05) is 77.8 Å². The summed E-state index contributed by atoms with van der Waals surface area (Å²) in [5, 5.41) is 21.3. The summed E-state index contributed by atoms with van der Waals surface area (Å²) < 4.78 is 5.95. The quantitative estimate of drug-likeness (QED) is 0.206. The Balaban J connectivity index is 1.47. The SMILES string of the molecule is O=C(O)[C@H](Cc1ccc(O)cc1)N(Cc1ccc(-c2cc3ccccc3o2)cc1)C(=O)c1ccc(Cl)cc1Cl. The number of fused-ring (bicyclic) bond motifs is 1. The highest BCUT2D eigenvalue weighted by Crippen LogP contribution is 2.29. The number of aliphatic carboxylic acids is 1. The fourth-order valence-electron chi connectivity index (χ4n) is 4.42. The van der Waals surface area contributed by atoms with Crippen LogP contribution in [0.5, 0.6) is 5.75 Å². The number of rotatable bonds is 8. The largest absolute Gasteiger partial charge is 0.508 e. The van der Waals surface area contributed by atoms with E-state index < -0.39 is 17.9 Å². The monoisotopic (exact) mass is 559 g/mol. The molecule has 1 atom stereocenters. The molecule has 5 rings (SSSR count). The van der Waals surface area contributed by atoms with E-state index in [1.54, 1.807) is 12.1 Å². The van der Waals surface area contributed by atoms with Gasteiger partial charge < -0.3 is 19.5 Å². The molecule has 2 N–H and O–H groups in total. The van der Waals surface area contributed by atoms with Crippen LogP contribution in [0.2, 0.25) is 10.0 Å². The summed E-state index contributed by atoms with van der Waals surface area (Å²) in [6, 6.07) is 26.6. The van der Waals surface area contributed by atoms with Gasteiger partial charge in [-0.2, -0.15) is 0 Å².